The first-order valence-electron chi connectivity index (χ1n) is 10.0. The number of aliphatic hydroxyl groups excluding tert-OH is 1. The summed E-state index contributed by atoms with van der Waals surface area (Å²) in [6.45, 7) is -1.51. The van der Waals surface area contributed by atoms with Crippen molar-refractivity contribution in [3.05, 3.63) is 41.4 Å². The molecule has 1 aliphatic rings. The van der Waals surface area contributed by atoms with E-state index in [1.807, 2.05) is 0 Å². The van der Waals surface area contributed by atoms with Crippen molar-refractivity contribution < 1.29 is 43.9 Å². The number of rotatable bonds is 8. The maximum atomic E-state index is 15.9. The van der Waals surface area contributed by atoms with Crippen LogP contribution in [0, 0.1) is 0 Å². The minimum Gasteiger partial charge on any atom is -0.508 e. The minimum atomic E-state index is -2.78. The van der Waals surface area contributed by atoms with E-state index < -0.39 is 55.2 Å². The van der Waals surface area contributed by atoms with Gasteiger partial charge in [0, 0.05) is 6.42 Å². The Balaban J connectivity index is 1.58. The summed E-state index contributed by atoms with van der Waals surface area (Å²) in [7, 11) is 0. The number of nitrogen functional groups attached to an aromatic ring is 1. The van der Waals surface area contributed by atoms with Crippen LogP contribution in [0.4, 0.5) is 10.2 Å². The Hall–Kier alpha value is -3.59. The molecule has 6 N–H and O–H groups in total. The zero-order valence-electron chi connectivity index (χ0n) is 17.7. The van der Waals surface area contributed by atoms with E-state index in [1.165, 1.54) is 24.3 Å². The van der Waals surface area contributed by atoms with Gasteiger partial charge in [-0.25, -0.2) is 19.0 Å². The highest BCUT2D eigenvalue weighted by Gasteiger charge is 2.55. The fourth-order valence-corrected chi connectivity index (χ4v) is 3.92. The number of phenols is 1. The SMILES string of the molecule is Nc1nc(Cl)nc2c1ncn2[C@@]1(F)CO[C@H](COC(Cc2ccc(O)cc2)(C(=O)O)C(=O)O)[C@H]1O. The first kappa shape index (κ1) is 24.5. The molecule has 0 radical (unpaired) electrons. The average molecular weight is 512 g/mol. The number of aliphatic carboxylic acids is 2. The van der Waals surface area contributed by atoms with Crippen LogP contribution >= 0.6 is 11.6 Å². The molecule has 13 nitrogen and oxygen atoms in total. The largest absolute Gasteiger partial charge is 0.508 e. The van der Waals surface area contributed by atoms with Gasteiger partial charge in [0.1, 0.15) is 30.1 Å². The summed E-state index contributed by atoms with van der Waals surface area (Å²) in [6.07, 6.45) is -3.00. The van der Waals surface area contributed by atoms with Crippen LogP contribution in [0.5, 0.6) is 5.75 Å². The summed E-state index contributed by atoms with van der Waals surface area (Å²) in [5.41, 5.74) is 3.09. The van der Waals surface area contributed by atoms with Crippen LogP contribution in [-0.2, 0) is 31.3 Å². The van der Waals surface area contributed by atoms with Crippen molar-refractivity contribution in [3.63, 3.8) is 0 Å². The van der Waals surface area contributed by atoms with Gasteiger partial charge >= 0.3 is 11.9 Å². The third-order valence-corrected chi connectivity index (χ3v) is 5.84. The number of aromatic hydroxyl groups is 1. The van der Waals surface area contributed by atoms with Crippen molar-refractivity contribution in [2.24, 2.45) is 0 Å². The third-order valence-electron chi connectivity index (χ3n) is 5.68. The standard InChI is InChI=1S/C20H19ClFN5O8/c21-18-25-14(23)12-15(26-18)27(8-24-12)20(22)7-34-11(13(20)29)6-35-19(16(30)31,17(32)33)5-9-1-3-10(28)4-2-9/h1-4,8,11,13,28-29H,5-7H2,(H,30,31)(H,32,33)(H2,23,25,26)/t11-,13-,20+/m1/s1. The number of nitrogens with two attached hydrogens (primary N) is 1. The van der Waals surface area contributed by atoms with Crippen LogP contribution < -0.4 is 5.73 Å². The molecule has 0 unspecified atom stereocenters. The number of anilines is 1. The van der Waals surface area contributed by atoms with E-state index >= 15 is 4.39 Å². The molecule has 4 rings (SSSR count). The first-order valence-corrected chi connectivity index (χ1v) is 10.4. The number of carboxylic acids is 2. The lowest BCUT2D eigenvalue weighted by molar-refractivity contribution is -0.188. The molecule has 1 aromatic carbocycles. The Kier molecular flexibility index (Phi) is 6.23. The summed E-state index contributed by atoms with van der Waals surface area (Å²) >= 11 is 5.80. The Labute approximate surface area is 200 Å². The number of aromatic nitrogens is 4. The molecule has 0 amide bonds. The van der Waals surface area contributed by atoms with E-state index in [9.17, 15) is 30.0 Å². The number of hydrogen-bond acceptors (Lipinski definition) is 10. The van der Waals surface area contributed by atoms with E-state index in [4.69, 9.17) is 26.8 Å². The van der Waals surface area contributed by atoms with Gasteiger partial charge in [-0.05, 0) is 29.3 Å². The summed E-state index contributed by atoms with van der Waals surface area (Å²) < 4.78 is 27.4. The van der Waals surface area contributed by atoms with Crippen LogP contribution in [0.25, 0.3) is 11.2 Å². The predicted octanol–water partition coefficient (Wildman–Crippen LogP) is 0.317. The van der Waals surface area contributed by atoms with Crippen LogP contribution in [0.1, 0.15) is 5.56 Å². The molecule has 3 aromatic rings. The number of aliphatic hydroxyl groups is 1. The van der Waals surface area contributed by atoms with Gasteiger partial charge in [0.2, 0.25) is 11.1 Å². The van der Waals surface area contributed by atoms with Crippen molar-refractivity contribution >= 4 is 40.5 Å². The van der Waals surface area contributed by atoms with Gasteiger partial charge in [-0.3, -0.25) is 4.57 Å². The molecule has 186 valence electrons. The van der Waals surface area contributed by atoms with Gasteiger partial charge in [-0.1, -0.05) is 12.1 Å². The number of imidazole rings is 1. The molecular formula is C20H19ClFN5O8. The predicted molar refractivity (Wildman–Crippen MR) is 115 cm³/mol. The molecule has 0 bridgehead atoms. The molecule has 0 saturated carbocycles. The van der Waals surface area contributed by atoms with Gasteiger partial charge in [-0.2, -0.15) is 9.97 Å². The smallest absolute Gasteiger partial charge is 0.348 e. The first-order chi connectivity index (χ1) is 16.5. The van der Waals surface area contributed by atoms with Crippen LogP contribution in [0.15, 0.2) is 30.6 Å². The van der Waals surface area contributed by atoms with Crippen molar-refractivity contribution in [2.75, 3.05) is 18.9 Å². The highest BCUT2D eigenvalue weighted by atomic mass is 35.5. The fourth-order valence-electron chi connectivity index (χ4n) is 3.75. The lowest BCUT2D eigenvalue weighted by atomic mass is 9.94. The number of ether oxygens (including phenoxy) is 2. The third kappa shape index (κ3) is 4.20. The molecule has 0 spiro atoms. The molecule has 1 fully saturated rings. The maximum Gasteiger partial charge on any atom is 0.348 e. The number of nitrogens with zero attached hydrogens (tertiary/aromatic N) is 4. The number of carbonyl (C=O) groups is 2. The van der Waals surface area contributed by atoms with Crippen molar-refractivity contribution in [3.8, 4) is 5.75 Å². The van der Waals surface area contributed by atoms with Crippen molar-refractivity contribution in [2.45, 2.75) is 30.0 Å². The normalized spacial score (nSPS) is 22.5. The van der Waals surface area contributed by atoms with Gasteiger partial charge < -0.3 is 35.6 Å². The van der Waals surface area contributed by atoms with Crippen LogP contribution in [0.2, 0.25) is 5.28 Å². The second-order valence-corrected chi connectivity index (χ2v) is 8.21. The summed E-state index contributed by atoms with van der Waals surface area (Å²) in [5.74, 6) is -6.50. The Bertz CT molecular complexity index is 1270. The number of benzene rings is 1. The quantitative estimate of drug-likeness (QED) is 0.205. The monoisotopic (exact) mass is 511 g/mol. The van der Waals surface area contributed by atoms with Crippen molar-refractivity contribution in [1.29, 1.82) is 0 Å². The van der Waals surface area contributed by atoms with Crippen molar-refractivity contribution in [1.82, 2.24) is 19.5 Å². The molecule has 3 heterocycles. The molecule has 0 aliphatic carbocycles. The molecule has 15 heteroatoms. The Morgan fingerprint density at radius 1 is 1.29 bits per heavy atom. The number of alkyl halides is 1. The van der Waals surface area contributed by atoms with E-state index in [0.717, 1.165) is 10.9 Å². The number of phenolic OH excluding ortho intramolecular Hbond substituents is 1. The molecule has 1 aliphatic heterocycles. The number of halogens is 2. The second-order valence-electron chi connectivity index (χ2n) is 7.87. The number of hydrogen-bond donors (Lipinski definition) is 5. The summed E-state index contributed by atoms with van der Waals surface area (Å²) in [4.78, 5) is 35.5. The molecule has 35 heavy (non-hydrogen) atoms. The second kappa shape index (κ2) is 8.88. The van der Waals surface area contributed by atoms with E-state index in [2.05, 4.69) is 15.0 Å². The fraction of sp³-hybridized carbons (Fsp3) is 0.350. The summed E-state index contributed by atoms with van der Waals surface area (Å²) in [5, 5.41) is 39.2. The molecule has 1 saturated heterocycles. The average Bonchev–Trinajstić information content (AvgIpc) is 3.34. The Morgan fingerprint density at radius 3 is 2.57 bits per heavy atom. The van der Waals surface area contributed by atoms with Gasteiger partial charge in [0.15, 0.2) is 11.5 Å². The zero-order valence-corrected chi connectivity index (χ0v) is 18.5. The Morgan fingerprint density at radius 2 is 1.94 bits per heavy atom. The van der Waals surface area contributed by atoms with E-state index in [-0.39, 0.29) is 33.6 Å². The van der Waals surface area contributed by atoms with Gasteiger partial charge in [0.05, 0.1) is 12.9 Å². The van der Waals surface area contributed by atoms with E-state index in [0.29, 0.717) is 0 Å². The van der Waals surface area contributed by atoms with Crippen LogP contribution in [-0.4, -0.2) is 82.9 Å². The van der Waals surface area contributed by atoms with Gasteiger partial charge in [-0.15, -0.1) is 0 Å². The maximum absolute atomic E-state index is 15.9. The highest BCUT2D eigenvalue weighted by Crippen LogP contribution is 2.37. The number of fused-ring (bicyclic) bond motifs is 1. The molecule has 2 aromatic heterocycles. The lowest BCUT2D eigenvalue weighted by Gasteiger charge is -2.29. The zero-order chi connectivity index (χ0) is 25.5. The van der Waals surface area contributed by atoms with E-state index in [1.54, 1.807) is 0 Å². The van der Waals surface area contributed by atoms with Crippen LogP contribution in [0.3, 0.4) is 0 Å². The number of carboxylic acid groups (broad SMARTS) is 2. The molecular weight excluding hydrogens is 493 g/mol. The topological polar surface area (TPSA) is 203 Å². The summed E-state index contributed by atoms with van der Waals surface area (Å²) in [6, 6.07) is 5.16. The molecule has 3 atom stereocenters. The minimum absolute atomic E-state index is 0.0306. The lowest BCUT2D eigenvalue weighted by Crippen LogP contribution is -2.53. The van der Waals surface area contributed by atoms with Gasteiger partial charge in [0.25, 0.3) is 5.60 Å². The highest BCUT2D eigenvalue weighted by molar-refractivity contribution is 6.28.